The van der Waals surface area contributed by atoms with E-state index in [4.69, 9.17) is 5.26 Å². The SMILES string of the molecule is CC.CC1CCN(CC#N)CC1. The highest BCUT2D eigenvalue weighted by Crippen LogP contribution is 2.14. The Labute approximate surface area is 76.2 Å². The zero-order chi connectivity index (χ0) is 9.40. The van der Waals surface area contributed by atoms with Crippen molar-refractivity contribution in [2.24, 2.45) is 5.92 Å². The third-order valence-corrected chi connectivity index (χ3v) is 2.17. The Morgan fingerprint density at radius 3 is 2.25 bits per heavy atom. The number of piperidine rings is 1. The van der Waals surface area contributed by atoms with Crippen LogP contribution >= 0.6 is 0 Å². The molecule has 2 nitrogen and oxygen atoms in total. The molecule has 70 valence electrons. The van der Waals surface area contributed by atoms with E-state index in [1.165, 1.54) is 12.8 Å². The number of nitriles is 1. The quantitative estimate of drug-likeness (QED) is 0.562. The van der Waals surface area contributed by atoms with Gasteiger partial charge in [-0.2, -0.15) is 5.26 Å². The van der Waals surface area contributed by atoms with Gasteiger partial charge in [0.1, 0.15) is 0 Å². The molecule has 1 rings (SSSR count). The van der Waals surface area contributed by atoms with E-state index in [0.29, 0.717) is 6.54 Å². The summed E-state index contributed by atoms with van der Waals surface area (Å²) >= 11 is 0. The Kier molecular flexibility index (Phi) is 6.79. The van der Waals surface area contributed by atoms with Crippen molar-refractivity contribution in [1.82, 2.24) is 4.90 Å². The van der Waals surface area contributed by atoms with Crippen LogP contribution in [0.2, 0.25) is 0 Å². The van der Waals surface area contributed by atoms with Crippen LogP contribution in [0.25, 0.3) is 0 Å². The molecule has 0 bridgehead atoms. The van der Waals surface area contributed by atoms with Crippen LogP contribution in [0, 0.1) is 17.2 Å². The summed E-state index contributed by atoms with van der Waals surface area (Å²) in [6.07, 6.45) is 2.53. The van der Waals surface area contributed by atoms with Crippen LogP contribution in [0.15, 0.2) is 0 Å². The minimum absolute atomic E-state index is 0.618. The molecular formula is C10H20N2. The highest BCUT2D eigenvalue weighted by molar-refractivity contribution is 4.79. The fourth-order valence-electron chi connectivity index (χ4n) is 1.32. The molecule has 1 fully saturated rings. The molecule has 1 saturated heterocycles. The molecule has 0 radical (unpaired) electrons. The Morgan fingerprint density at radius 1 is 1.33 bits per heavy atom. The molecule has 0 saturated carbocycles. The maximum atomic E-state index is 8.39. The normalized spacial score (nSPS) is 19.2. The highest BCUT2D eigenvalue weighted by Gasteiger charge is 2.14. The van der Waals surface area contributed by atoms with Gasteiger partial charge in [-0.3, -0.25) is 4.90 Å². The first-order valence-electron chi connectivity index (χ1n) is 4.92. The number of hydrogen-bond acceptors (Lipinski definition) is 2. The van der Waals surface area contributed by atoms with Crippen molar-refractivity contribution in [3.63, 3.8) is 0 Å². The van der Waals surface area contributed by atoms with Crippen LogP contribution in [0.3, 0.4) is 0 Å². The lowest BCUT2D eigenvalue weighted by Gasteiger charge is -2.27. The molecule has 0 spiro atoms. The summed E-state index contributed by atoms with van der Waals surface area (Å²) in [6.45, 7) is 9.14. The number of rotatable bonds is 1. The topological polar surface area (TPSA) is 27.0 Å². The summed E-state index contributed by atoms with van der Waals surface area (Å²) in [5.74, 6) is 0.870. The fraction of sp³-hybridized carbons (Fsp3) is 0.900. The first-order valence-corrected chi connectivity index (χ1v) is 4.92. The number of nitrogens with zero attached hydrogens (tertiary/aromatic N) is 2. The first kappa shape index (κ1) is 11.4. The number of likely N-dealkylation sites (tertiary alicyclic amines) is 1. The van der Waals surface area contributed by atoms with Gasteiger partial charge >= 0.3 is 0 Å². The van der Waals surface area contributed by atoms with Gasteiger partial charge in [0.15, 0.2) is 0 Å². The Bertz CT molecular complexity index is 129. The third-order valence-electron chi connectivity index (χ3n) is 2.17. The van der Waals surface area contributed by atoms with E-state index >= 15 is 0 Å². The van der Waals surface area contributed by atoms with E-state index in [9.17, 15) is 0 Å². The highest BCUT2D eigenvalue weighted by atomic mass is 15.1. The maximum absolute atomic E-state index is 8.39. The lowest BCUT2D eigenvalue weighted by Crippen LogP contribution is -2.32. The molecule has 1 heterocycles. The summed E-state index contributed by atoms with van der Waals surface area (Å²) in [5.41, 5.74) is 0. The van der Waals surface area contributed by atoms with Crippen LogP contribution in [0.5, 0.6) is 0 Å². The van der Waals surface area contributed by atoms with Gasteiger partial charge in [-0.05, 0) is 31.8 Å². The monoisotopic (exact) mass is 168 g/mol. The van der Waals surface area contributed by atoms with Gasteiger partial charge in [0, 0.05) is 0 Å². The fourth-order valence-corrected chi connectivity index (χ4v) is 1.32. The molecule has 12 heavy (non-hydrogen) atoms. The van der Waals surface area contributed by atoms with Gasteiger partial charge in [0.25, 0.3) is 0 Å². The van der Waals surface area contributed by atoms with Crippen molar-refractivity contribution in [3.8, 4) is 6.07 Å². The number of hydrogen-bond donors (Lipinski definition) is 0. The average Bonchev–Trinajstić information content (AvgIpc) is 2.13. The van der Waals surface area contributed by atoms with E-state index in [1.807, 2.05) is 13.8 Å². The van der Waals surface area contributed by atoms with Gasteiger partial charge in [-0.25, -0.2) is 0 Å². The summed E-state index contributed by atoms with van der Waals surface area (Å²) in [5, 5.41) is 8.39. The van der Waals surface area contributed by atoms with E-state index in [2.05, 4.69) is 17.9 Å². The van der Waals surface area contributed by atoms with Crippen LogP contribution in [-0.4, -0.2) is 24.5 Å². The van der Waals surface area contributed by atoms with Gasteiger partial charge in [-0.15, -0.1) is 0 Å². The second-order valence-corrected chi connectivity index (χ2v) is 3.12. The van der Waals surface area contributed by atoms with Crippen LogP contribution in [-0.2, 0) is 0 Å². The van der Waals surface area contributed by atoms with Crippen molar-refractivity contribution in [2.45, 2.75) is 33.6 Å². The van der Waals surface area contributed by atoms with Crippen LogP contribution in [0.4, 0.5) is 0 Å². The standard InChI is InChI=1S/C8H14N2.C2H6/c1-8-2-5-10(6-3-8)7-4-9;1-2/h8H,2-3,5-7H2,1H3;1-2H3. The van der Waals surface area contributed by atoms with E-state index in [-0.39, 0.29) is 0 Å². The average molecular weight is 168 g/mol. The second-order valence-electron chi connectivity index (χ2n) is 3.12. The molecule has 0 aromatic heterocycles. The second kappa shape index (κ2) is 7.12. The van der Waals surface area contributed by atoms with Gasteiger partial charge in [0.2, 0.25) is 0 Å². The summed E-state index contributed by atoms with van der Waals surface area (Å²) in [6, 6.07) is 2.18. The van der Waals surface area contributed by atoms with Crippen molar-refractivity contribution in [2.75, 3.05) is 19.6 Å². The minimum Gasteiger partial charge on any atom is -0.291 e. The van der Waals surface area contributed by atoms with Crippen molar-refractivity contribution in [1.29, 1.82) is 5.26 Å². The molecule has 0 unspecified atom stereocenters. The van der Waals surface area contributed by atoms with Gasteiger partial charge in [-0.1, -0.05) is 20.8 Å². The molecule has 0 atom stereocenters. The molecule has 0 N–H and O–H groups in total. The molecule has 0 aromatic rings. The molecule has 0 aliphatic carbocycles. The zero-order valence-electron chi connectivity index (χ0n) is 8.51. The lowest BCUT2D eigenvalue weighted by molar-refractivity contribution is 0.212. The van der Waals surface area contributed by atoms with Crippen LogP contribution < -0.4 is 0 Å². The lowest BCUT2D eigenvalue weighted by atomic mass is 9.99. The van der Waals surface area contributed by atoms with Crippen molar-refractivity contribution >= 4 is 0 Å². The summed E-state index contributed by atoms with van der Waals surface area (Å²) < 4.78 is 0. The van der Waals surface area contributed by atoms with E-state index in [1.54, 1.807) is 0 Å². The maximum Gasteiger partial charge on any atom is 0.0865 e. The molecule has 0 amide bonds. The van der Waals surface area contributed by atoms with Crippen molar-refractivity contribution < 1.29 is 0 Å². The Balaban J connectivity index is 0.000000561. The first-order chi connectivity index (χ1) is 5.83. The third kappa shape index (κ3) is 4.35. The Morgan fingerprint density at radius 2 is 1.83 bits per heavy atom. The molecule has 2 heteroatoms. The largest absolute Gasteiger partial charge is 0.291 e. The van der Waals surface area contributed by atoms with Crippen LogP contribution in [0.1, 0.15) is 33.6 Å². The Hall–Kier alpha value is -0.550. The molecule has 1 aliphatic heterocycles. The van der Waals surface area contributed by atoms with E-state index < -0.39 is 0 Å². The van der Waals surface area contributed by atoms with E-state index in [0.717, 1.165) is 19.0 Å². The molecule has 0 aromatic carbocycles. The smallest absolute Gasteiger partial charge is 0.0865 e. The zero-order valence-corrected chi connectivity index (χ0v) is 8.51. The van der Waals surface area contributed by atoms with Crippen molar-refractivity contribution in [3.05, 3.63) is 0 Å². The predicted molar refractivity (Wildman–Crippen MR) is 51.8 cm³/mol. The summed E-state index contributed by atoms with van der Waals surface area (Å²) in [4.78, 5) is 2.22. The van der Waals surface area contributed by atoms with Gasteiger partial charge < -0.3 is 0 Å². The minimum atomic E-state index is 0.618. The molecular weight excluding hydrogens is 148 g/mol. The van der Waals surface area contributed by atoms with Gasteiger partial charge in [0.05, 0.1) is 12.6 Å². The molecule has 1 aliphatic rings. The summed E-state index contributed by atoms with van der Waals surface area (Å²) in [7, 11) is 0. The predicted octanol–water partition coefficient (Wildman–Crippen LogP) is 2.27.